The number of aliphatic hydroxyl groups excluding tert-OH is 1. The van der Waals surface area contributed by atoms with E-state index in [1.807, 2.05) is 17.9 Å². The molecule has 1 aromatic carbocycles. The minimum atomic E-state index is -0.377. The molecule has 0 radical (unpaired) electrons. The summed E-state index contributed by atoms with van der Waals surface area (Å²) >= 11 is 1.53. The second-order valence-electron chi connectivity index (χ2n) is 7.28. The van der Waals surface area contributed by atoms with Gasteiger partial charge in [-0.15, -0.1) is 0 Å². The van der Waals surface area contributed by atoms with Gasteiger partial charge in [-0.2, -0.15) is 0 Å². The summed E-state index contributed by atoms with van der Waals surface area (Å²) in [5, 5.41) is 9.46. The Balaban J connectivity index is 0.000000196. The molecule has 1 aliphatic heterocycles. The summed E-state index contributed by atoms with van der Waals surface area (Å²) in [7, 11) is 0. The molecular weight excluding hydrogens is 405 g/mol. The number of halogens is 1. The van der Waals surface area contributed by atoms with Crippen LogP contribution in [0.4, 0.5) is 15.3 Å². The van der Waals surface area contributed by atoms with Crippen LogP contribution in [-0.4, -0.2) is 58.7 Å². The highest BCUT2D eigenvalue weighted by Crippen LogP contribution is 2.24. The molecule has 1 atom stereocenters. The fourth-order valence-electron chi connectivity index (χ4n) is 3.34. The van der Waals surface area contributed by atoms with Crippen LogP contribution < -0.4 is 10.6 Å². The minimum Gasteiger partial charge on any atom is -0.396 e. The smallest absolute Gasteiger partial charge is 0.210 e. The van der Waals surface area contributed by atoms with Crippen molar-refractivity contribution in [1.29, 1.82) is 0 Å². The van der Waals surface area contributed by atoms with Gasteiger partial charge in [0.2, 0.25) is 6.41 Å². The Kier molecular flexibility index (Phi) is 7.17. The number of anilines is 2. The lowest BCUT2D eigenvalue weighted by Gasteiger charge is -2.38. The van der Waals surface area contributed by atoms with Gasteiger partial charge < -0.3 is 20.6 Å². The number of hydrogen-bond donors (Lipinski definition) is 2. The molecule has 0 bridgehead atoms. The largest absolute Gasteiger partial charge is 0.396 e. The van der Waals surface area contributed by atoms with Crippen LogP contribution in [0.25, 0.3) is 10.2 Å². The van der Waals surface area contributed by atoms with E-state index in [-0.39, 0.29) is 18.5 Å². The first-order valence-corrected chi connectivity index (χ1v) is 10.6. The van der Waals surface area contributed by atoms with Crippen LogP contribution >= 0.6 is 11.3 Å². The highest BCUT2D eigenvalue weighted by Gasteiger charge is 2.25. The molecule has 7 nitrogen and oxygen atoms in total. The number of hydrogen-bond acceptors (Lipinski definition) is 7. The second kappa shape index (κ2) is 9.82. The van der Waals surface area contributed by atoms with Crippen LogP contribution in [-0.2, 0) is 11.2 Å². The monoisotopic (exact) mass is 431 g/mol. The van der Waals surface area contributed by atoms with E-state index in [0.29, 0.717) is 42.6 Å². The molecule has 1 amide bonds. The maximum Gasteiger partial charge on any atom is 0.210 e. The van der Waals surface area contributed by atoms with E-state index in [4.69, 9.17) is 10.8 Å². The average molecular weight is 432 g/mol. The van der Waals surface area contributed by atoms with Crippen LogP contribution in [0, 0.1) is 12.7 Å². The molecule has 0 unspecified atom stereocenters. The number of pyridine rings is 1. The molecule has 3 N–H and O–H groups in total. The number of nitrogens with two attached hydrogens (primary N) is 1. The molecule has 1 fully saturated rings. The van der Waals surface area contributed by atoms with Crippen LogP contribution in [0.1, 0.15) is 18.1 Å². The third-order valence-corrected chi connectivity index (χ3v) is 5.82. The molecule has 1 saturated heterocycles. The van der Waals surface area contributed by atoms with Crippen LogP contribution in [0.5, 0.6) is 0 Å². The average Bonchev–Trinajstić information content (AvgIpc) is 3.08. The number of aryl methyl sites for hydroxylation is 1. The summed E-state index contributed by atoms with van der Waals surface area (Å²) in [5.74, 6) is -0.0585. The van der Waals surface area contributed by atoms with Crippen molar-refractivity contribution in [2.75, 3.05) is 36.9 Å². The molecule has 9 heteroatoms. The Morgan fingerprint density at radius 1 is 1.37 bits per heavy atom. The number of carbonyl (C=O) groups excluding carboxylic acids is 1. The third-order valence-electron chi connectivity index (χ3n) is 4.95. The van der Waals surface area contributed by atoms with Crippen molar-refractivity contribution in [1.82, 2.24) is 14.9 Å². The predicted octanol–water partition coefficient (Wildman–Crippen LogP) is 2.61. The van der Waals surface area contributed by atoms with E-state index in [0.717, 1.165) is 16.6 Å². The SMILES string of the molecule is C[C@H]1CN(c2ncc(CCO)cc2F)CCN1C=O.Cc1ccc2sc(N)nc2c1. The lowest BCUT2D eigenvalue weighted by molar-refractivity contribution is -0.120. The third kappa shape index (κ3) is 5.22. The molecule has 0 saturated carbocycles. The van der Waals surface area contributed by atoms with Gasteiger partial charge in [0.1, 0.15) is 0 Å². The van der Waals surface area contributed by atoms with Gasteiger partial charge in [-0.05, 0) is 49.6 Å². The molecule has 160 valence electrons. The molecule has 1 aliphatic rings. The van der Waals surface area contributed by atoms with E-state index in [9.17, 15) is 9.18 Å². The van der Waals surface area contributed by atoms with Gasteiger partial charge in [0.05, 0.1) is 10.2 Å². The molecule has 3 heterocycles. The van der Waals surface area contributed by atoms with E-state index in [1.54, 1.807) is 11.1 Å². The van der Waals surface area contributed by atoms with Crippen LogP contribution in [0.2, 0.25) is 0 Å². The second-order valence-corrected chi connectivity index (χ2v) is 8.35. The van der Waals surface area contributed by atoms with Crippen molar-refractivity contribution in [2.24, 2.45) is 0 Å². The fraction of sp³-hybridized carbons (Fsp3) is 0.381. The summed E-state index contributed by atoms with van der Waals surface area (Å²) in [6, 6.07) is 7.63. The lowest BCUT2D eigenvalue weighted by Crippen LogP contribution is -2.51. The van der Waals surface area contributed by atoms with E-state index >= 15 is 0 Å². The summed E-state index contributed by atoms with van der Waals surface area (Å²) < 4.78 is 15.2. The quantitative estimate of drug-likeness (QED) is 0.617. The summed E-state index contributed by atoms with van der Waals surface area (Å²) in [6.45, 7) is 5.68. The van der Waals surface area contributed by atoms with Crippen molar-refractivity contribution in [3.63, 3.8) is 0 Å². The standard InChI is InChI=1S/C13H18FN3O2.C8H8N2S/c1-10-8-16(3-4-17(10)9-19)13-12(14)6-11(2-5-18)7-15-13;1-5-2-3-7-6(4-5)10-8(9)11-7/h6-7,9-10,18H,2-5,8H2,1H3;2-4H,1H3,(H2,9,10)/t10-;/m0./s1. The van der Waals surface area contributed by atoms with Gasteiger partial charge in [0, 0.05) is 38.5 Å². The Morgan fingerprint density at radius 2 is 2.17 bits per heavy atom. The fourth-order valence-corrected chi connectivity index (χ4v) is 4.06. The van der Waals surface area contributed by atoms with Gasteiger partial charge in [0.25, 0.3) is 0 Å². The number of benzene rings is 1. The van der Waals surface area contributed by atoms with E-state index < -0.39 is 0 Å². The Labute approximate surface area is 179 Å². The highest BCUT2D eigenvalue weighted by atomic mass is 32.1. The van der Waals surface area contributed by atoms with E-state index in [2.05, 4.69) is 29.0 Å². The lowest BCUT2D eigenvalue weighted by atomic mass is 10.2. The number of aliphatic hydroxyl groups is 1. The van der Waals surface area contributed by atoms with Gasteiger partial charge in [-0.3, -0.25) is 4.79 Å². The molecule has 4 rings (SSSR count). The molecular formula is C21H26FN5O2S. The zero-order valence-corrected chi connectivity index (χ0v) is 17.9. The predicted molar refractivity (Wildman–Crippen MR) is 118 cm³/mol. The van der Waals surface area contributed by atoms with Crippen molar-refractivity contribution in [3.8, 4) is 0 Å². The number of piperazine rings is 1. The number of carbonyl (C=O) groups is 1. The van der Waals surface area contributed by atoms with Crippen molar-refractivity contribution in [2.45, 2.75) is 26.3 Å². The maximum atomic E-state index is 14.0. The number of amides is 1. The number of thiazole rings is 1. The molecule has 0 spiro atoms. The van der Waals surface area contributed by atoms with Crippen molar-refractivity contribution in [3.05, 3.63) is 47.4 Å². The van der Waals surface area contributed by atoms with Crippen LogP contribution in [0.3, 0.4) is 0 Å². The van der Waals surface area contributed by atoms with Gasteiger partial charge in [-0.1, -0.05) is 17.4 Å². The van der Waals surface area contributed by atoms with Gasteiger partial charge in [0.15, 0.2) is 16.8 Å². The topological polar surface area (TPSA) is 95.6 Å². The van der Waals surface area contributed by atoms with Crippen LogP contribution in [0.15, 0.2) is 30.5 Å². The van der Waals surface area contributed by atoms with E-state index in [1.165, 1.54) is 23.0 Å². The number of nitrogen functional groups attached to an aromatic ring is 1. The van der Waals surface area contributed by atoms with Crippen molar-refractivity contribution >= 4 is 38.9 Å². The summed E-state index contributed by atoms with van der Waals surface area (Å²) in [4.78, 5) is 22.7. The first-order chi connectivity index (χ1) is 14.4. The summed E-state index contributed by atoms with van der Waals surface area (Å²) in [6.07, 6.45) is 2.82. The Morgan fingerprint density at radius 3 is 2.83 bits per heavy atom. The zero-order valence-electron chi connectivity index (χ0n) is 17.1. The van der Waals surface area contributed by atoms with Gasteiger partial charge in [-0.25, -0.2) is 14.4 Å². The highest BCUT2D eigenvalue weighted by molar-refractivity contribution is 7.22. The maximum absolute atomic E-state index is 14.0. The normalized spacial score (nSPS) is 16.3. The van der Waals surface area contributed by atoms with Crippen molar-refractivity contribution < 1.29 is 14.3 Å². The minimum absolute atomic E-state index is 0.0183. The first-order valence-electron chi connectivity index (χ1n) is 9.75. The number of rotatable bonds is 4. The number of fused-ring (bicyclic) bond motifs is 1. The molecule has 0 aliphatic carbocycles. The van der Waals surface area contributed by atoms with Gasteiger partial charge >= 0.3 is 0 Å². The number of nitrogens with zero attached hydrogens (tertiary/aromatic N) is 4. The first kappa shape index (κ1) is 21.9. The molecule has 30 heavy (non-hydrogen) atoms. The number of aromatic nitrogens is 2. The molecule has 2 aromatic heterocycles. The zero-order chi connectivity index (χ0) is 21.7. The Hall–Kier alpha value is -2.78. The molecule has 3 aromatic rings. The Bertz CT molecular complexity index is 1010. The summed E-state index contributed by atoms with van der Waals surface area (Å²) in [5.41, 5.74) is 8.46.